The second kappa shape index (κ2) is 10.5. The van der Waals surface area contributed by atoms with Crippen LogP contribution < -0.4 is 0 Å². The molecule has 4 saturated carbocycles. The van der Waals surface area contributed by atoms with Crippen LogP contribution in [0.4, 0.5) is 0 Å². The van der Waals surface area contributed by atoms with Gasteiger partial charge in [0, 0.05) is 5.92 Å². The molecule has 0 unspecified atom stereocenters. The van der Waals surface area contributed by atoms with E-state index in [1.807, 2.05) is 0 Å². The topological polar surface area (TPSA) is 50.1 Å². The highest BCUT2D eigenvalue weighted by Gasteiger charge is 2.35. The third-order valence-electron chi connectivity index (χ3n) is 9.46. The van der Waals surface area contributed by atoms with E-state index in [9.17, 15) is 4.79 Å². The first kappa shape index (κ1) is 22.2. The SMILES string of the molecule is CC1CCC(C2CCC(C(=O)OC3CCC(C4CCC(C#N)CC4)CC3)CC2)CC1. The molecule has 0 bridgehead atoms. The second-order valence-electron chi connectivity index (χ2n) is 11.3. The molecule has 0 amide bonds. The van der Waals surface area contributed by atoms with Crippen LogP contribution in [0.25, 0.3) is 0 Å². The van der Waals surface area contributed by atoms with Crippen LogP contribution in [-0.4, -0.2) is 12.1 Å². The minimum atomic E-state index is 0.115. The Morgan fingerprint density at radius 1 is 0.667 bits per heavy atom. The highest BCUT2D eigenvalue weighted by molar-refractivity contribution is 5.72. The van der Waals surface area contributed by atoms with Crippen LogP contribution in [-0.2, 0) is 9.53 Å². The molecular formula is C27H43NO2. The Balaban J connectivity index is 1.14. The second-order valence-corrected chi connectivity index (χ2v) is 11.3. The lowest BCUT2D eigenvalue weighted by Gasteiger charge is -2.38. The number of carbonyl (C=O) groups excluding carboxylic acids is 1. The molecule has 3 nitrogen and oxygen atoms in total. The van der Waals surface area contributed by atoms with Gasteiger partial charge in [0.2, 0.25) is 0 Å². The van der Waals surface area contributed by atoms with Crippen LogP contribution in [0.3, 0.4) is 0 Å². The molecule has 0 aromatic carbocycles. The van der Waals surface area contributed by atoms with Gasteiger partial charge in [0.25, 0.3) is 0 Å². The van der Waals surface area contributed by atoms with Gasteiger partial charge in [-0.25, -0.2) is 0 Å². The molecule has 168 valence electrons. The van der Waals surface area contributed by atoms with Crippen molar-refractivity contribution in [3.63, 3.8) is 0 Å². The fourth-order valence-corrected chi connectivity index (χ4v) is 7.24. The van der Waals surface area contributed by atoms with Gasteiger partial charge >= 0.3 is 5.97 Å². The fourth-order valence-electron chi connectivity index (χ4n) is 7.24. The molecule has 0 N–H and O–H groups in total. The van der Waals surface area contributed by atoms with Crippen LogP contribution in [0.2, 0.25) is 0 Å². The van der Waals surface area contributed by atoms with Crippen LogP contribution in [0.5, 0.6) is 0 Å². The first-order valence-corrected chi connectivity index (χ1v) is 13.2. The number of hydrogen-bond acceptors (Lipinski definition) is 3. The van der Waals surface area contributed by atoms with Gasteiger partial charge in [-0.15, -0.1) is 0 Å². The predicted molar refractivity (Wildman–Crippen MR) is 119 cm³/mol. The molecule has 0 radical (unpaired) electrons. The minimum absolute atomic E-state index is 0.115. The molecule has 4 aliphatic carbocycles. The summed E-state index contributed by atoms with van der Waals surface area (Å²) in [6.07, 6.45) is 19.7. The van der Waals surface area contributed by atoms with E-state index in [1.54, 1.807) is 0 Å². The van der Waals surface area contributed by atoms with Crippen LogP contribution in [0, 0.1) is 52.8 Å². The summed E-state index contributed by atoms with van der Waals surface area (Å²) >= 11 is 0. The molecule has 0 saturated heterocycles. The molecule has 0 aromatic heterocycles. The Bertz CT molecular complexity index is 578. The quantitative estimate of drug-likeness (QED) is 0.464. The molecule has 4 aliphatic rings. The van der Waals surface area contributed by atoms with Crippen molar-refractivity contribution < 1.29 is 9.53 Å². The van der Waals surface area contributed by atoms with Crippen molar-refractivity contribution in [2.45, 2.75) is 116 Å². The Morgan fingerprint density at radius 2 is 1.10 bits per heavy atom. The molecule has 4 fully saturated rings. The molecule has 0 spiro atoms. The molecular weight excluding hydrogens is 370 g/mol. The van der Waals surface area contributed by atoms with E-state index in [-0.39, 0.29) is 18.0 Å². The summed E-state index contributed by atoms with van der Waals surface area (Å²) in [5, 5.41) is 9.11. The molecule has 3 heteroatoms. The third kappa shape index (κ3) is 5.60. The van der Waals surface area contributed by atoms with Crippen molar-refractivity contribution in [1.82, 2.24) is 0 Å². The molecule has 30 heavy (non-hydrogen) atoms. The van der Waals surface area contributed by atoms with Crippen LogP contribution in [0.1, 0.15) is 110 Å². The van der Waals surface area contributed by atoms with E-state index in [1.165, 1.54) is 64.2 Å². The number of nitriles is 1. The van der Waals surface area contributed by atoms with Gasteiger partial charge in [-0.2, -0.15) is 5.26 Å². The van der Waals surface area contributed by atoms with E-state index in [0.717, 1.165) is 68.1 Å². The fraction of sp³-hybridized carbons (Fsp3) is 0.926. The number of nitrogens with zero attached hydrogens (tertiary/aromatic N) is 1. The highest BCUT2D eigenvalue weighted by Crippen LogP contribution is 2.43. The normalized spacial score (nSPS) is 42.8. The zero-order valence-electron chi connectivity index (χ0n) is 19.2. The zero-order valence-corrected chi connectivity index (χ0v) is 19.2. The number of ether oxygens (including phenoxy) is 1. The van der Waals surface area contributed by atoms with E-state index < -0.39 is 0 Å². The molecule has 4 rings (SSSR count). The number of carbonyl (C=O) groups is 1. The van der Waals surface area contributed by atoms with Gasteiger partial charge in [-0.3, -0.25) is 4.79 Å². The van der Waals surface area contributed by atoms with E-state index >= 15 is 0 Å². The standard InChI is InChI=1S/C27H43NO2/c1-19-2-6-21(7-3-19)23-10-12-25(13-11-23)27(29)30-26-16-14-24(15-17-26)22-8-4-20(18-28)5-9-22/h19-26H,2-17H2,1H3. The smallest absolute Gasteiger partial charge is 0.309 e. The first-order valence-electron chi connectivity index (χ1n) is 13.2. The highest BCUT2D eigenvalue weighted by atomic mass is 16.5. The van der Waals surface area contributed by atoms with Gasteiger partial charge in [-0.1, -0.05) is 19.8 Å². The summed E-state index contributed by atoms with van der Waals surface area (Å²) in [6.45, 7) is 2.40. The summed E-state index contributed by atoms with van der Waals surface area (Å²) in [5.41, 5.74) is 0. The van der Waals surface area contributed by atoms with Gasteiger partial charge in [0.1, 0.15) is 6.10 Å². The van der Waals surface area contributed by atoms with Gasteiger partial charge in [-0.05, 0) is 119 Å². The first-order chi connectivity index (χ1) is 14.6. The van der Waals surface area contributed by atoms with Crippen molar-refractivity contribution in [3.8, 4) is 6.07 Å². The zero-order chi connectivity index (χ0) is 20.9. The molecule has 0 aliphatic heterocycles. The number of hydrogen-bond donors (Lipinski definition) is 0. The lowest BCUT2D eigenvalue weighted by molar-refractivity contribution is -0.158. The third-order valence-corrected chi connectivity index (χ3v) is 9.46. The Hall–Kier alpha value is -1.04. The summed E-state index contributed by atoms with van der Waals surface area (Å²) in [7, 11) is 0. The molecule has 0 heterocycles. The minimum Gasteiger partial charge on any atom is -0.462 e. The van der Waals surface area contributed by atoms with Gasteiger partial charge < -0.3 is 4.74 Å². The Morgan fingerprint density at radius 3 is 1.60 bits per heavy atom. The van der Waals surface area contributed by atoms with Crippen molar-refractivity contribution >= 4 is 5.97 Å². The monoisotopic (exact) mass is 413 g/mol. The maximum Gasteiger partial charge on any atom is 0.309 e. The lowest BCUT2D eigenvalue weighted by atomic mass is 9.69. The van der Waals surface area contributed by atoms with Crippen molar-refractivity contribution in [2.24, 2.45) is 41.4 Å². The molecule has 0 atom stereocenters. The molecule has 0 aromatic rings. The maximum atomic E-state index is 12.8. The van der Waals surface area contributed by atoms with Crippen molar-refractivity contribution in [3.05, 3.63) is 0 Å². The van der Waals surface area contributed by atoms with E-state index in [2.05, 4.69) is 13.0 Å². The maximum absolute atomic E-state index is 12.8. The Labute approximate surface area is 184 Å². The van der Waals surface area contributed by atoms with Crippen molar-refractivity contribution in [2.75, 3.05) is 0 Å². The lowest BCUT2D eigenvalue weighted by Crippen LogP contribution is -2.33. The largest absolute Gasteiger partial charge is 0.462 e. The Kier molecular flexibility index (Phi) is 7.77. The van der Waals surface area contributed by atoms with Gasteiger partial charge in [0.15, 0.2) is 0 Å². The van der Waals surface area contributed by atoms with Crippen LogP contribution >= 0.6 is 0 Å². The average Bonchev–Trinajstić information content (AvgIpc) is 2.80. The number of esters is 1. The summed E-state index contributed by atoms with van der Waals surface area (Å²) in [6, 6.07) is 2.45. The summed E-state index contributed by atoms with van der Waals surface area (Å²) in [5.74, 6) is 4.92. The van der Waals surface area contributed by atoms with Gasteiger partial charge in [0.05, 0.1) is 12.0 Å². The summed E-state index contributed by atoms with van der Waals surface area (Å²) < 4.78 is 6.01. The van der Waals surface area contributed by atoms with E-state index in [4.69, 9.17) is 10.00 Å². The van der Waals surface area contributed by atoms with Crippen LogP contribution in [0.15, 0.2) is 0 Å². The number of rotatable bonds is 4. The van der Waals surface area contributed by atoms with Crippen molar-refractivity contribution in [1.29, 1.82) is 5.26 Å². The summed E-state index contributed by atoms with van der Waals surface area (Å²) in [4.78, 5) is 12.8. The van der Waals surface area contributed by atoms with E-state index in [0.29, 0.717) is 5.92 Å². The predicted octanol–water partition coefficient (Wildman–Crippen LogP) is 7.05. The average molecular weight is 414 g/mol.